The van der Waals surface area contributed by atoms with E-state index in [1.807, 2.05) is 30.3 Å². The zero-order valence-electron chi connectivity index (χ0n) is 10.7. The van der Waals surface area contributed by atoms with Gasteiger partial charge in [-0.05, 0) is 30.0 Å². The minimum absolute atomic E-state index is 0.0997. The molecule has 1 aromatic rings. The second kappa shape index (κ2) is 5.01. The van der Waals surface area contributed by atoms with Gasteiger partial charge in [-0.2, -0.15) is 5.26 Å². The first-order valence-electron chi connectivity index (χ1n) is 5.65. The van der Waals surface area contributed by atoms with E-state index < -0.39 is 5.92 Å². The largest absolute Gasteiger partial charge is 0.325 e. The Kier molecular flexibility index (Phi) is 3.90. The second-order valence-corrected chi connectivity index (χ2v) is 5.17. The number of hydrogen-bond acceptors (Lipinski definition) is 2. The van der Waals surface area contributed by atoms with Gasteiger partial charge in [0.15, 0.2) is 0 Å². The van der Waals surface area contributed by atoms with Crippen LogP contribution < -0.4 is 5.32 Å². The number of rotatable bonds is 2. The molecule has 0 saturated carbocycles. The molecule has 1 rings (SSSR count). The lowest BCUT2D eigenvalue weighted by molar-refractivity contribution is -0.117. The summed E-state index contributed by atoms with van der Waals surface area (Å²) in [6, 6.07) is 9.62. The van der Waals surface area contributed by atoms with Gasteiger partial charge in [0.25, 0.3) is 0 Å². The standard InChI is InChI=1S/C14H18N2O/c1-10(9-15)13(17)16-12-7-5-11(6-8-12)14(2,3)4/h5-8,10H,1-4H3,(H,16,17). The minimum atomic E-state index is -0.628. The van der Waals surface area contributed by atoms with Crippen molar-refractivity contribution in [3.63, 3.8) is 0 Å². The van der Waals surface area contributed by atoms with E-state index in [9.17, 15) is 4.79 Å². The predicted molar refractivity (Wildman–Crippen MR) is 68.5 cm³/mol. The van der Waals surface area contributed by atoms with Crippen molar-refractivity contribution in [1.82, 2.24) is 0 Å². The molecule has 0 spiro atoms. The van der Waals surface area contributed by atoms with Crippen molar-refractivity contribution < 1.29 is 4.79 Å². The molecule has 17 heavy (non-hydrogen) atoms. The van der Waals surface area contributed by atoms with Crippen molar-refractivity contribution in [3.05, 3.63) is 29.8 Å². The highest BCUT2D eigenvalue weighted by Gasteiger charge is 2.14. The summed E-state index contributed by atoms with van der Waals surface area (Å²) >= 11 is 0. The van der Waals surface area contributed by atoms with Gasteiger partial charge < -0.3 is 5.32 Å². The first-order valence-corrected chi connectivity index (χ1v) is 5.65. The lowest BCUT2D eigenvalue weighted by Gasteiger charge is -2.19. The molecule has 90 valence electrons. The third-order valence-electron chi connectivity index (χ3n) is 2.61. The highest BCUT2D eigenvalue weighted by molar-refractivity contribution is 5.93. The molecule has 0 radical (unpaired) electrons. The van der Waals surface area contributed by atoms with E-state index in [1.165, 1.54) is 5.56 Å². The van der Waals surface area contributed by atoms with Crippen LogP contribution >= 0.6 is 0 Å². The first kappa shape index (κ1) is 13.2. The highest BCUT2D eigenvalue weighted by atomic mass is 16.1. The van der Waals surface area contributed by atoms with Crippen molar-refractivity contribution in [2.45, 2.75) is 33.1 Å². The third-order valence-corrected chi connectivity index (χ3v) is 2.61. The molecular formula is C14H18N2O. The maximum Gasteiger partial charge on any atom is 0.241 e. The monoisotopic (exact) mass is 230 g/mol. The Morgan fingerprint density at radius 1 is 1.29 bits per heavy atom. The Balaban J connectivity index is 2.77. The number of anilines is 1. The van der Waals surface area contributed by atoms with Crippen LogP contribution in [0.25, 0.3) is 0 Å². The van der Waals surface area contributed by atoms with E-state index in [2.05, 4.69) is 26.1 Å². The van der Waals surface area contributed by atoms with Crippen molar-refractivity contribution in [3.8, 4) is 6.07 Å². The Morgan fingerprint density at radius 3 is 2.24 bits per heavy atom. The zero-order chi connectivity index (χ0) is 13.1. The van der Waals surface area contributed by atoms with Crippen LogP contribution in [0.5, 0.6) is 0 Å². The van der Waals surface area contributed by atoms with Crippen LogP contribution in [0.1, 0.15) is 33.3 Å². The van der Waals surface area contributed by atoms with Gasteiger partial charge in [-0.15, -0.1) is 0 Å². The molecule has 0 aliphatic rings. The molecule has 0 aromatic heterocycles. The lowest BCUT2D eigenvalue weighted by Crippen LogP contribution is -2.19. The summed E-state index contributed by atoms with van der Waals surface area (Å²) in [6.07, 6.45) is 0. The number of hydrogen-bond donors (Lipinski definition) is 1. The van der Waals surface area contributed by atoms with E-state index in [4.69, 9.17) is 5.26 Å². The van der Waals surface area contributed by atoms with E-state index in [1.54, 1.807) is 6.92 Å². The maximum absolute atomic E-state index is 11.5. The summed E-state index contributed by atoms with van der Waals surface area (Å²) in [5, 5.41) is 11.3. The summed E-state index contributed by atoms with van der Waals surface area (Å²) in [7, 11) is 0. The van der Waals surface area contributed by atoms with Crippen LogP contribution in [0, 0.1) is 17.2 Å². The van der Waals surface area contributed by atoms with E-state index in [0.717, 1.165) is 5.69 Å². The van der Waals surface area contributed by atoms with Gasteiger partial charge in [-0.25, -0.2) is 0 Å². The highest BCUT2D eigenvalue weighted by Crippen LogP contribution is 2.23. The number of nitrogens with one attached hydrogen (secondary N) is 1. The molecule has 0 bridgehead atoms. The fourth-order valence-corrected chi connectivity index (χ4v) is 1.36. The topological polar surface area (TPSA) is 52.9 Å². The molecule has 1 amide bonds. The molecule has 3 nitrogen and oxygen atoms in total. The second-order valence-electron chi connectivity index (χ2n) is 5.17. The number of nitriles is 1. The Labute approximate surface area is 102 Å². The number of nitrogens with zero attached hydrogens (tertiary/aromatic N) is 1. The van der Waals surface area contributed by atoms with Crippen molar-refractivity contribution in [2.24, 2.45) is 5.92 Å². The number of amides is 1. The van der Waals surface area contributed by atoms with Crippen LogP contribution in [0.15, 0.2) is 24.3 Å². The van der Waals surface area contributed by atoms with Crippen LogP contribution in [-0.2, 0) is 10.2 Å². The normalized spacial score (nSPS) is 12.6. The van der Waals surface area contributed by atoms with Gasteiger partial charge in [-0.3, -0.25) is 4.79 Å². The summed E-state index contributed by atoms with van der Waals surface area (Å²) in [6.45, 7) is 7.99. The fraction of sp³-hybridized carbons (Fsp3) is 0.429. The molecule has 0 saturated heterocycles. The quantitative estimate of drug-likeness (QED) is 0.848. The molecular weight excluding hydrogens is 212 g/mol. The van der Waals surface area contributed by atoms with E-state index >= 15 is 0 Å². The van der Waals surface area contributed by atoms with Crippen LogP contribution in [0.4, 0.5) is 5.69 Å². The molecule has 3 heteroatoms. The van der Waals surface area contributed by atoms with Gasteiger partial charge >= 0.3 is 0 Å². The number of carbonyl (C=O) groups is 1. The molecule has 1 aromatic carbocycles. The molecule has 0 aliphatic carbocycles. The average Bonchev–Trinajstić information content (AvgIpc) is 2.27. The molecule has 0 fully saturated rings. The molecule has 1 N–H and O–H groups in total. The van der Waals surface area contributed by atoms with Gasteiger partial charge in [0.2, 0.25) is 5.91 Å². The number of benzene rings is 1. The average molecular weight is 230 g/mol. The summed E-state index contributed by atoms with van der Waals surface area (Å²) in [4.78, 5) is 11.5. The lowest BCUT2D eigenvalue weighted by atomic mass is 9.87. The first-order chi connectivity index (χ1) is 7.84. The van der Waals surface area contributed by atoms with Crippen LogP contribution in [0.2, 0.25) is 0 Å². The smallest absolute Gasteiger partial charge is 0.241 e. The van der Waals surface area contributed by atoms with Crippen molar-refractivity contribution in [2.75, 3.05) is 5.32 Å². The Hall–Kier alpha value is -1.82. The van der Waals surface area contributed by atoms with Crippen molar-refractivity contribution >= 4 is 11.6 Å². The van der Waals surface area contributed by atoms with Crippen LogP contribution in [-0.4, -0.2) is 5.91 Å². The molecule has 0 heterocycles. The van der Waals surface area contributed by atoms with Gasteiger partial charge in [0.05, 0.1) is 6.07 Å². The third kappa shape index (κ3) is 3.60. The van der Waals surface area contributed by atoms with Gasteiger partial charge in [0.1, 0.15) is 5.92 Å². The maximum atomic E-state index is 11.5. The zero-order valence-corrected chi connectivity index (χ0v) is 10.7. The Morgan fingerprint density at radius 2 is 1.82 bits per heavy atom. The summed E-state index contributed by atoms with van der Waals surface area (Å²) in [5.74, 6) is -0.895. The fourth-order valence-electron chi connectivity index (χ4n) is 1.36. The van der Waals surface area contributed by atoms with Crippen molar-refractivity contribution in [1.29, 1.82) is 5.26 Å². The number of carbonyl (C=O) groups excluding carboxylic acids is 1. The Bertz CT molecular complexity index is 435. The summed E-state index contributed by atoms with van der Waals surface area (Å²) in [5.41, 5.74) is 2.04. The SMILES string of the molecule is CC(C#N)C(=O)Nc1ccc(C(C)(C)C)cc1. The predicted octanol–water partition coefficient (Wildman–Crippen LogP) is 3.08. The molecule has 1 unspecified atom stereocenters. The van der Waals surface area contributed by atoms with Gasteiger partial charge in [0, 0.05) is 5.69 Å². The van der Waals surface area contributed by atoms with Gasteiger partial charge in [-0.1, -0.05) is 32.9 Å². The molecule has 1 atom stereocenters. The van der Waals surface area contributed by atoms with E-state index in [0.29, 0.717) is 0 Å². The minimum Gasteiger partial charge on any atom is -0.325 e. The summed E-state index contributed by atoms with van der Waals surface area (Å²) < 4.78 is 0. The van der Waals surface area contributed by atoms with E-state index in [-0.39, 0.29) is 11.3 Å². The molecule has 0 aliphatic heterocycles. The van der Waals surface area contributed by atoms with Crippen LogP contribution in [0.3, 0.4) is 0 Å².